The predicted molar refractivity (Wildman–Crippen MR) is 96.0 cm³/mol. The van der Waals surface area contributed by atoms with Gasteiger partial charge in [-0.05, 0) is 29.1 Å². The van der Waals surface area contributed by atoms with Crippen molar-refractivity contribution < 1.29 is 14.3 Å². The molecule has 26 heavy (non-hydrogen) atoms. The summed E-state index contributed by atoms with van der Waals surface area (Å²) in [6.07, 6.45) is -0.128. The molecule has 1 aromatic carbocycles. The average molecular weight is 370 g/mol. The van der Waals surface area contributed by atoms with Gasteiger partial charge in [-0.3, -0.25) is 4.79 Å². The molecule has 0 spiro atoms. The van der Waals surface area contributed by atoms with Gasteiger partial charge in [0.15, 0.2) is 5.69 Å². The Morgan fingerprint density at radius 3 is 2.96 bits per heavy atom. The highest BCUT2D eigenvalue weighted by Gasteiger charge is 2.27. The summed E-state index contributed by atoms with van der Waals surface area (Å²) in [6, 6.07) is 11.7. The first-order chi connectivity index (χ1) is 12.7. The third-order valence-electron chi connectivity index (χ3n) is 4.30. The van der Waals surface area contributed by atoms with Crippen LogP contribution in [0.15, 0.2) is 41.8 Å². The first-order valence-electron chi connectivity index (χ1n) is 8.23. The summed E-state index contributed by atoms with van der Waals surface area (Å²) in [7, 11) is 1.64. The van der Waals surface area contributed by atoms with Crippen molar-refractivity contribution >= 4 is 17.2 Å². The van der Waals surface area contributed by atoms with Gasteiger partial charge in [-0.15, -0.1) is 16.4 Å². The second kappa shape index (κ2) is 7.27. The molecule has 2 aromatic heterocycles. The number of rotatable bonds is 5. The van der Waals surface area contributed by atoms with Gasteiger partial charge in [-0.25, -0.2) is 4.68 Å². The van der Waals surface area contributed by atoms with Crippen LogP contribution in [0.5, 0.6) is 5.75 Å². The van der Waals surface area contributed by atoms with Crippen LogP contribution in [0.2, 0.25) is 0 Å². The van der Waals surface area contributed by atoms with Gasteiger partial charge in [0.05, 0.1) is 32.5 Å². The Labute approximate surface area is 154 Å². The molecule has 4 rings (SSSR count). The van der Waals surface area contributed by atoms with E-state index in [0.717, 1.165) is 16.2 Å². The number of carbonyl (C=O) groups is 1. The Kier molecular flexibility index (Phi) is 4.68. The number of nitrogens with zero attached hydrogens (tertiary/aromatic N) is 3. The Bertz CT molecular complexity index is 890. The number of hydrogen-bond acceptors (Lipinski definition) is 6. The van der Waals surface area contributed by atoms with Crippen LogP contribution >= 0.6 is 11.3 Å². The standard InChI is InChI=1S/C18H18N4O3S/c1-24-13-6-4-12(5-7-13)16-10-22-15(11-25-16)17(20-21-22)18(23)19-9-14-3-2-8-26-14/h2-8,16H,9-11H2,1H3,(H,19,23)/t16-/m1/s1. The Balaban J connectivity index is 1.45. The second-order valence-corrected chi connectivity index (χ2v) is 6.93. The lowest BCUT2D eigenvalue weighted by molar-refractivity contribution is -0.00179. The molecule has 0 bridgehead atoms. The molecule has 0 fully saturated rings. The molecule has 0 saturated carbocycles. The van der Waals surface area contributed by atoms with Crippen molar-refractivity contribution in [2.45, 2.75) is 25.8 Å². The first kappa shape index (κ1) is 16.7. The zero-order valence-corrected chi connectivity index (χ0v) is 15.0. The van der Waals surface area contributed by atoms with Gasteiger partial charge in [0.1, 0.15) is 11.9 Å². The van der Waals surface area contributed by atoms with E-state index in [0.29, 0.717) is 31.1 Å². The molecule has 1 aliphatic rings. The highest BCUT2D eigenvalue weighted by atomic mass is 32.1. The number of hydrogen-bond donors (Lipinski definition) is 1. The van der Waals surface area contributed by atoms with Gasteiger partial charge < -0.3 is 14.8 Å². The smallest absolute Gasteiger partial charge is 0.274 e. The molecule has 0 aliphatic carbocycles. The van der Waals surface area contributed by atoms with E-state index in [2.05, 4.69) is 15.6 Å². The Morgan fingerprint density at radius 2 is 2.23 bits per heavy atom. The van der Waals surface area contributed by atoms with E-state index in [9.17, 15) is 4.79 Å². The van der Waals surface area contributed by atoms with Gasteiger partial charge in [0, 0.05) is 4.88 Å². The number of ether oxygens (including phenoxy) is 2. The number of thiophene rings is 1. The number of amides is 1. The fourth-order valence-electron chi connectivity index (χ4n) is 2.87. The lowest BCUT2D eigenvalue weighted by Gasteiger charge is -2.24. The van der Waals surface area contributed by atoms with Crippen LogP contribution in [0.1, 0.15) is 32.7 Å². The van der Waals surface area contributed by atoms with E-state index in [1.807, 2.05) is 41.8 Å². The van der Waals surface area contributed by atoms with Crippen molar-refractivity contribution in [3.05, 3.63) is 63.6 Å². The van der Waals surface area contributed by atoms with Crippen molar-refractivity contribution in [2.75, 3.05) is 7.11 Å². The van der Waals surface area contributed by atoms with Crippen molar-refractivity contribution in [1.82, 2.24) is 20.3 Å². The molecular formula is C18H18N4O3S. The minimum atomic E-state index is -0.230. The van der Waals surface area contributed by atoms with Gasteiger partial charge in [-0.2, -0.15) is 0 Å². The Hall–Kier alpha value is -2.71. The molecule has 1 atom stereocenters. The van der Waals surface area contributed by atoms with E-state index >= 15 is 0 Å². The van der Waals surface area contributed by atoms with E-state index in [-0.39, 0.29) is 12.0 Å². The quantitative estimate of drug-likeness (QED) is 0.747. The molecular weight excluding hydrogens is 352 g/mol. The monoisotopic (exact) mass is 370 g/mol. The molecule has 7 nitrogen and oxygen atoms in total. The van der Waals surface area contributed by atoms with Gasteiger partial charge in [0.25, 0.3) is 5.91 Å². The second-order valence-electron chi connectivity index (χ2n) is 5.90. The van der Waals surface area contributed by atoms with Crippen molar-refractivity contribution in [3.8, 4) is 5.75 Å². The zero-order valence-electron chi connectivity index (χ0n) is 14.2. The van der Waals surface area contributed by atoms with E-state index < -0.39 is 0 Å². The Morgan fingerprint density at radius 1 is 1.38 bits per heavy atom. The SMILES string of the molecule is COc1ccc([C@H]2Cn3nnc(C(=O)NCc4cccs4)c3CO2)cc1. The molecule has 0 saturated heterocycles. The van der Waals surface area contributed by atoms with Crippen LogP contribution < -0.4 is 10.1 Å². The first-order valence-corrected chi connectivity index (χ1v) is 9.11. The minimum Gasteiger partial charge on any atom is -0.497 e. The van der Waals surface area contributed by atoms with E-state index in [1.165, 1.54) is 0 Å². The molecule has 0 radical (unpaired) electrons. The van der Waals surface area contributed by atoms with Crippen LogP contribution in [-0.4, -0.2) is 28.0 Å². The molecule has 1 amide bonds. The van der Waals surface area contributed by atoms with Crippen LogP contribution in [0.3, 0.4) is 0 Å². The fourth-order valence-corrected chi connectivity index (χ4v) is 3.52. The molecule has 0 unspecified atom stereocenters. The number of benzene rings is 1. The predicted octanol–water partition coefficient (Wildman–Crippen LogP) is 2.55. The summed E-state index contributed by atoms with van der Waals surface area (Å²) in [6.45, 7) is 1.30. The fraction of sp³-hybridized carbons (Fsp3) is 0.278. The molecule has 1 aliphatic heterocycles. The summed E-state index contributed by atoms with van der Waals surface area (Å²) >= 11 is 1.60. The van der Waals surface area contributed by atoms with Crippen molar-refractivity contribution in [3.63, 3.8) is 0 Å². The molecule has 3 aromatic rings. The normalized spacial score (nSPS) is 16.1. The molecule has 3 heterocycles. The maximum atomic E-state index is 12.4. The van der Waals surface area contributed by atoms with E-state index in [1.54, 1.807) is 23.1 Å². The lowest BCUT2D eigenvalue weighted by atomic mass is 10.1. The van der Waals surface area contributed by atoms with Crippen molar-refractivity contribution in [2.24, 2.45) is 0 Å². The zero-order chi connectivity index (χ0) is 17.9. The van der Waals surface area contributed by atoms with Crippen LogP contribution in [0.4, 0.5) is 0 Å². The number of aromatic nitrogens is 3. The largest absolute Gasteiger partial charge is 0.497 e. The van der Waals surface area contributed by atoms with Crippen LogP contribution in [0, 0.1) is 0 Å². The number of fused-ring (bicyclic) bond motifs is 1. The van der Waals surface area contributed by atoms with Crippen molar-refractivity contribution in [1.29, 1.82) is 0 Å². The summed E-state index contributed by atoms with van der Waals surface area (Å²) < 4.78 is 12.9. The van der Waals surface area contributed by atoms with Gasteiger partial charge in [-0.1, -0.05) is 23.4 Å². The maximum absolute atomic E-state index is 12.4. The lowest BCUT2D eigenvalue weighted by Crippen LogP contribution is -2.27. The summed E-state index contributed by atoms with van der Waals surface area (Å²) in [5.74, 6) is 0.571. The number of methoxy groups -OCH3 is 1. The topological polar surface area (TPSA) is 78.3 Å². The molecule has 1 N–H and O–H groups in total. The molecule has 8 heteroatoms. The number of nitrogens with one attached hydrogen (secondary N) is 1. The van der Waals surface area contributed by atoms with Crippen LogP contribution in [-0.2, 0) is 24.4 Å². The summed E-state index contributed by atoms with van der Waals surface area (Å²) in [5, 5.41) is 13.1. The third-order valence-corrected chi connectivity index (χ3v) is 5.18. The van der Waals surface area contributed by atoms with Gasteiger partial charge >= 0.3 is 0 Å². The van der Waals surface area contributed by atoms with Crippen LogP contribution in [0.25, 0.3) is 0 Å². The highest BCUT2D eigenvalue weighted by molar-refractivity contribution is 7.09. The average Bonchev–Trinajstić information content (AvgIpc) is 3.35. The molecule has 134 valence electrons. The maximum Gasteiger partial charge on any atom is 0.274 e. The summed E-state index contributed by atoms with van der Waals surface area (Å²) in [4.78, 5) is 13.5. The van der Waals surface area contributed by atoms with Gasteiger partial charge in [0.2, 0.25) is 0 Å². The van der Waals surface area contributed by atoms with E-state index in [4.69, 9.17) is 9.47 Å². The third kappa shape index (κ3) is 3.33. The highest BCUT2D eigenvalue weighted by Crippen LogP contribution is 2.28. The summed E-state index contributed by atoms with van der Waals surface area (Å²) in [5.41, 5.74) is 2.07. The number of carbonyl (C=O) groups excluding carboxylic acids is 1. The minimum absolute atomic E-state index is 0.128.